The molecule has 2 aromatic rings. The smallest absolute Gasteiger partial charge is 0.271 e. The van der Waals surface area contributed by atoms with Crippen molar-refractivity contribution in [1.29, 1.82) is 5.26 Å². The Bertz CT molecular complexity index is 747. The number of amides is 1. The van der Waals surface area contributed by atoms with Crippen LogP contribution < -0.4 is 10.2 Å². The quantitative estimate of drug-likeness (QED) is 0.681. The molecule has 1 amide bonds. The van der Waals surface area contributed by atoms with E-state index in [0.717, 1.165) is 5.56 Å². The van der Waals surface area contributed by atoms with Crippen LogP contribution in [0.5, 0.6) is 5.75 Å². The van der Waals surface area contributed by atoms with Crippen molar-refractivity contribution in [2.24, 2.45) is 5.10 Å². The van der Waals surface area contributed by atoms with E-state index in [1.54, 1.807) is 31.2 Å². The van der Waals surface area contributed by atoms with Gasteiger partial charge in [0.25, 0.3) is 5.91 Å². The summed E-state index contributed by atoms with van der Waals surface area (Å²) in [6.45, 7) is 1.73. The van der Waals surface area contributed by atoms with E-state index < -0.39 is 11.7 Å². The van der Waals surface area contributed by atoms with Crippen molar-refractivity contribution in [3.8, 4) is 11.8 Å². The highest BCUT2D eigenvalue weighted by atomic mass is 19.1. The molecule has 0 fully saturated rings. The topological polar surface area (TPSA) is 74.5 Å². The minimum absolute atomic E-state index is 0.0137. The summed E-state index contributed by atoms with van der Waals surface area (Å²) in [5, 5.41) is 12.5. The van der Waals surface area contributed by atoms with Crippen molar-refractivity contribution in [3.63, 3.8) is 0 Å². The number of carbonyl (C=O) groups excluding carboxylic acids is 1. The lowest BCUT2D eigenvalue weighted by molar-refractivity contribution is 0.0955. The predicted molar refractivity (Wildman–Crippen MR) is 83.6 cm³/mol. The summed E-state index contributed by atoms with van der Waals surface area (Å²) in [5.74, 6) is -0.239. The van der Waals surface area contributed by atoms with E-state index in [1.165, 1.54) is 24.3 Å². The average Bonchev–Trinajstić information content (AvgIpc) is 2.58. The number of hydrogen-bond acceptors (Lipinski definition) is 4. The number of rotatable bonds is 5. The first-order valence-electron chi connectivity index (χ1n) is 6.80. The van der Waals surface area contributed by atoms with Crippen LogP contribution in [0.15, 0.2) is 53.6 Å². The second-order valence-electron chi connectivity index (χ2n) is 4.62. The lowest BCUT2D eigenvalue weighted by Gasteiger charge is -2.05. The molecule has 1 N–H and O–H groups in total. The van der Waals surface area contributed by atoms with Gasteiger partial charge in [-0.25, -0.2) is 9.82 Å². The van der Waals surface area contributed by atoms with Crippen LogP contribution in [0.4, 0.5) is 4.39 Å². The van der Waals surface area contributed by atoms with Crippen LogP contribution in [-0.2, 0) is 0 Å². The number of hydrazone groups is 1. The molecule has 0 aliphatic rings. The fourth-order valence-corrected chi connectivity index (χ4v) is 1.77. The molecular weight excluding hydrogens is 297 g/mol. The Morgan fingerprint density at radius 1 is 1.17 bits per heavy atom. The molecule has 0 bridgehead atoms. The van der Waals surface area contributed by atoms with Crippen molar-refractivity contribution in [1.82, 2.24) is 5.43 Å². The summed E-state index contributed by atoms with van der Waals surface area (Å²) in [4.78, 5) is 11.9. The fourth-order valence-electron chi connectivity index (χ4n) is 1.77. The fraction of sp³-hybridized carbons (Fsp3) is 0.118. The molecule has 2 aromatic carbocycles. The van der Waals surface area contributed by atoms with E-state index in [9.17, 15) is 9.18 Å². The number of halogens is 1. The molecule has 0 aromatic heterocycles. The molecule has 0 aliphatic carbocycles. The summed E-state index contributed by atoms with van der Waals surface area (Å²) < 4.78 is 18.0. The maximum atomic E-state index is 12.8. The normalized spacial score (nSPS) is 10.7. The number of nitriles is 1. The van der Waals surface area contributed by atoms with Gasteiger partial charge in [-0.1, -0.05) is 0 Å². The van der Waals surface area contributed by atoms with Crippen LogP contribution in [0.3, 0.4) is 0 Å². The minimum Gasteiger partial charge on any atom is -0.479 e. The Labute approximate surface area is 133 Å². The predicted octanol–water partition coefficient (Wildman–Crippen LogP) is 2.88. The highest BCUT2D eigenvalue weighted by Crippen LogP contribution is 2.12. The number of ether oxygens (including phenoxy) is 1. The van der Waals surface area contributed by atoms with Crippen LogP contribution in [0, 0.1) is 17.1 Å². The lowest BCUT2D eigenvalue weighted by atomic mass is 10.1. The van der Waals surface area contributed by atoms with Crippen molar-refractivity contribution < 1.29 is 13.9 Å². The van der Waals surface area contributed by atoms with Crippen molar-refractivity contribution in [2.45, 2.75) is 6.92 Å². The molecule has 0 aliphatic heterocycles. The summed E-state index contributed by atoms with van der Waals surface area (Å²) in [7, 11) is 0. The molecule has 116 valence electrons. The van der Waals surface area contributed by atoms with Gasteiger partial charge in [0.15, 0.2) is 6.61 Å². The molecule has 0 heterocycles. The number of hydrogen-bond donors (Lipinski definition) is 1. The number of nitrogens with zero attached hydrogens (tertiary/aromatic N) is 2. The highest BCUT2D eigenvalue weighted by molar-refractivity contribution is 6.00. The van der Waals surface area contributed by atoms with Crippen LogP contribution in [0.1, 0.15) is 22.8 Å². The Kier molecular flexibility index (Phi) is 5.42. The molecule has 0 atom stereocenters. The Morgan fingerprint density at radius 3 is 2.39 bits per heavy atom. The zero-order valence-corrected chi connectivity index (χ0v) is 12.4. The molecule has 2 rings (SSSR count). The van der Waals surface area contributed by atoms with Crippen LogP contribution >= 0.6 is 0 Å². The van der Waals surface area contributed by atoms with Gasteiger partial charge in [0.05, 0.1) is 5.71 Å². The first kappa shape index (κ1) is 16.2. The molecule has 0 unspecified atom stereocenters. The lowest BCUT2D eigenvalue weighted by Crippen LogP contribution is -2.19. The second-order valence-corrected chi connectivity index (χ2v) is 4.62. The third-order valence-corrected chi connectivity index (χ3v) is 3.01. The summed E-state index contributed by atoms with van der Waals surface area (Å²) in [6.07, 6.45) is 0. The van der Waals surface area contributed by atoms with Crippen LogP contribution in [0.2, 0.25) is 0 Å². The van der Waals surface area contributed by atoms with Crippen LogP contribution in [0.25, 0.3) is 0 Å². The van der Waals surface area contributed by atoms with Crippen LogP contribution in [-0.4, -0.2) is 18.2 Å². The van der Waals surface area contributed by atoms with Gasteiger partial charge in [0.1, 0.15) is 17.6 Å². The number of benzene rings is 2. The molecule has 0 saturated heterocycles. The van der Waals surface area contributed by atoms with Gasteiger partial charge in [0.2, 0.25) is 0 Å². The first-order valence-corrected chi connectivity index (χ1v) is 6.80. The summed E-state index contributed by atoms with van der Waals surface area (Å²) in [5.41, 5.74) is 4.14. The van der Waals surface area contributed by atoms with Crippen molar-refractivity contribution in [2.75, 3.05) is 6.61 Å². The Hall–Kier alpha value is -3.20. The maximum Gasteiger partial charge on any atom is 0.271 e. The third kappa shape index (κ3) is 4.64. The zero-order chi connectivity index (χ0) is 16.7. The second kappa shape index (κ2) is 7.71. The van der Waals surface area contributed by atoms with E-state index >= 15 is 0 Å². The van der Waals surface area contributed by atoms with E-state index in [1.807, 2.05) is 6.07 Å². The van der Waals surface area contributed by atoms with Crippen molar-refractivity contribution >= 4 is 11.6 Å². The van der Waals surface area contributed by atoms with Gasteiger partial charge in [0, 0.05) is 5.56 Å². The largest absolute Gasteiger partial charge is 0.479 e. The summed E-state index contributed by atoms with van der Waals surface area (Å²) >= 11 is 0. The molecular formula is C17H14FN3O2. The zero-order valence-electron chi connectivity index (χ0n) is 12.4. The Balaban J connectivity index is 2.00. The highest BCUT2D eigenvalue weighted by Gasteiger charge is 2.05. The molecule has 0 spiro atoms. The van der Waals surface area contributed by atoms with E-state index in [0.29, 0.717) is 17.0 Å². The molecule has 6 heteroatoms. The molecule has 5 nitrogen and oxygen atoms in total. The molecule has 0 radical (unpaired) electrons. The standard InChI is InChI=1S/C17H14FN3O2/c1-12(13-4-8-16(9-5-13)23-11-10-19)20-21-17(22)14-2-6-15(18)7-3-14/h2-9H,11H2,1H3,(H,21,22)/b20-12-. The monoisotopic (exact) mass is 311 g/mol. The van der Waals surface area contributed by atoms with Gasteiger partial charge in [-0.05, 0) is 61.0 Å². The SMILES string of the molecule is C/C(=N/NC(=O)c1ccc(F)cc1)c1ccc(OCC#N)cc1. The van der Waals surface area contributed by atoms with Gasteiger partial charge < -0.3 is 4.74 Å². The van der Waals surface area contributed by atoms with Gasteiger partial charge in [-0.15, -0.1) is 0 Å². The van der Waals surface area contributed by atoms with Gasteiger partial charge in [-0.2, -0.15) is 10.4 Å². The Morgan fingerprint density at radius 2 is 1.78 bits per heavy atom. The first-order chi connectivity index (χ1) is 11.1. The third-order valence-electron chi connectivity index (χ3n) is 3.01. The average molecular weight is 311 g/mol. The minimum atomic E-state index is -0.418. The molecule has 23 heavy (non-hydrogen) atoms. The summed E-state index contributed by atoms with van der Waals surface area (Å²) in [6, 6.07) is 14.1. The number of nitrogens with one attached hydrogen (secondary N) is 1. The van der Waals surface area contributed by atoms with Gasteiger partial charge in [-0.3, -0.25) is 4.79 Å². The number of carbonyl (C=O) groups is 1. The van der Waals surface area contributed by atoms with E-state index in [4.69, 9.17) is 10.00 Å². The molecule has 0 saturated carbocycles. The maximum absolute atomic E-state index is 12.8. The van der Waals surface area contributed by atoms with E-state index in [-0.39, 0.29) is 6.61 Å². The van der Waals surface area contributed by atoms with Crippen molar-refractivity contribution in [3.05, 3.63) is 65.5 Å². The van der Waals surface area contributed by atoms with Gasteiger partial charge >= 0.3 is 0 Å². The van der Waals surface area contributed by atoms with E-state index in [2.05, 4.69) is 10.5 Å².